The van der Waals surface area contributed by atoms with Gasteiger partial charge in [-0.25, -0.2) is 0 Å². The Morgan fingerprint density at radius 2 is 2.08 bits per heavy atom. The average Bonchev–Trinajstić information content (AvgIpc) is 2.02. The maximum atomic E-state index is 12.1. The van der Waals surface area contributed by atoms with Gasteiger partial charge in [0.1, 0.15) is 5.70 Å². The van der Waals surface area contributed by atoms with E-state index in [0.29, 0.717) is 10.0 Å². The van der Waals surface area contributed by atoms with Gasteiger partial charge in [-0.15, -0.1) is 0 Å². The van der Waals surface area contributed by atoms with E-state index >= 15 is 0 Å². The minimum atomic E-state index is -4.38. The van der Waals surface area contributed by atoms with E-state index in [9.17, 15) is 13.2 Å². The van der Waals surface area contributed by atoms with Crippen molar-refractivity contribution < 1.29 is 13.2 Å². The van der Waals surface area contributed by atoms with Gasteiger partial charge in [-0.3, -0.25) is 4.99 Å². The van der Waals surface area contributed by atoms with Gasteiger partial charge in [-0.2, -0.15) is 13.2 Å². The first-order valence-corrected chi connectivity index (χ1v) is 4.95. The number of halogens is 4. The van der Waals surface area contributed by atoms with Crippen LogP contribution >= 0.6 is 22.6 Å². The van der Waals surface area contributed by atoms with E-state index in [1.165, 1.54) is 6.92 Å². The molecule has 13 heavy (non-hydrogen) atoms. The highest BCUT2D eigenvalue weighted by Crippen LogP contribution is 2.26. The number of rotatable bonds is 3. The number of hydrogen-bond acceptors (Lipinski definition) is 1. The second-order valence-electron chi connectivity index (χ2n) is 2.22. The number of aliphatic imine (C=N–C) groups is 1. The Balaban J connectivity index is 4.50. The normalized spacial score (nSPS) is 13.8. The predicted octanol–water partition coefficient (Wildman–Crippen LogP) is 3.51. The van der Waals surface area contributed by atoms with Crippen molar-refractivity contribution >= 4 is 28.8 Å². The van der Waals surface area contributed by atoms with Gasteiger partial charge >= 0.3 is 6.18 Å². The molecule has 0 rings (SSSR count). The molecule has 0 aromatic carbocycles. The molecular weight excluding hydrogens is 294 g/mol. The second-order valence-corrected chi connectivity index (χ2v) is 2.98. The first-order chi connectivity index (χ1) is 5.91. The van der Waals surface area contributed by atoms with Crippen LogP contribution in [-0.4, -0.2) is 16.8 Å². The summed E-state index contributed by atoms with van der Waals surface area (Å²) in [5.74, 6) is 0. The van der Waals surface area contributed by atoms with E-state index in [4.69, 9.17) is 0 Å². The smallest absolute Gasteiger partial charge is 0.252 e. The van der Waals surface area contributed by atoms with Gasteiger partial charge in [0.15, 0.2) is 0 Å². The van der Waals surface area contributed by atoms with E-state index in [1.807, 2.05) is 22.6 Å². The van der Waals surface area contributed by atoms with Gasteiger partial charge in [0, 0.05) is 10.6 Å². The van der Waals surface area contributed by atoms with E-state index in [1.54, 1.807) is 0 Å². The molecular formula is C8H9F3IN. The molecule has 0 saturated carbocycles. The van der Waals surface area contributed by atoms with Crippen LogP contribution in [0.1, 0.15) is 6.92 Å². The van der Waals surface area contributed by atoms with Crippen molar-refractivity contribution in [2.24, 2.45) is 4.99 Å². The van der Waals surface area contributed by atoms with E-state index in [0.717, 1.165) is 12.3 Å². The molecule has 0 saturated heterocycles. The lowest BCUT2D eigenvalue weighted by atomic mass is 10.3. The van der Waals surface area contributed by atoms with E-state index < -0.39 is 11.9 Å². The Bertz CT molecular complexity index is 240. The standard InChI is InChI=1S/C8H9F3IN/c1-3-7(8(9,10)11)13-5-6(2)4-12/h3,5H,2,4H2,1H3/b7-3-,13-5?. The Kier molecular flexibility index (Phi) is 5.27. The summed E-state index contributed by atoms with van der Waals surface area (Å²) in [7, 11) is 0. The lowest BCUT2D eigenvalue weighted by Gasteiger charge is -2.05. The zero-order chi connectivity index (χ0) is 10.5. The summed E-state index contributed by atoms with van der Waals surface area (Å²) >= 11 is 2.00. The lowest BCUT2D eigenvalue weighted by molar-refractivity contribution is -0.0923. The van der Waals surface area contributed by atoms with Gasteiger partial charge in [0.2, 0.25) is 0 Å². The minimum absolute atomic E-state index is 0.559. The third-order valence-electron chi connectivity index (χ3n) is 1.12. The van der Waals surface area contributed by atoms with Crippen molar-refractivity contribution in [3.05, 3.63) is 23.9 Å². The molecule has 0 amide bonds. The largest absolute Gasteiger partial charge is 0.433 e. The van der Waals surface area contributed by atoms with Crippen LogP contribution in [0.5, 0.6) is 0 Å². The summed E-state index contributed by atoms with van der Waals surface area (Å²) in [4.78, 5) is 3.29. The molecule has 74 valence electrons. The van der Waals surface area contributed by atoms with Gasteiger partial charge < -0.3 is 0 Å². The fourth-order valence-corrected chi connectivity index (χ4v) is 0.704. The third-order valence-corrected chi connectivity index (χ3v) is 2.10. The summed E-state index contributed by atoms with van der Waals surface area (Å²) in [5, 5.41) is 0. The Morgan fingerprint density at radius 3 is 2.38 bits per heavy atom. The Hall–Kier alpha value is -0.330. The molecule has 0 aliphatic heterocycles. The van der Waals surface area contributed by atoms with Crippen LogP contribution in [0.2, 0.25) is 0 Å². The van der Waals surface area contributed by atoms with Gasteiger partial charge in [0.05, 0.1) is 0 Å². The van der Waals surface area contributed by atoms with Crippen LogP contribution in [0.25, 0.3) is 0 Å². The Labute approximate surface area is 88.6 Å². The minimum Gasteiger partial charge on any atom is -0.252 e. The molecule has 0 heterocycles. The van der Waals surface area contributed by atoms with Crippen molar-refractivity contribution in [2.75, 3.05) is 4.43 Å². The first kappa shape index (κ1) is 12.7. The molecule has 0 unspecified atom stereocenters. The molecule has 5 heteroatoms. The second kappa shape index (κ2) is 5.41. The van der Waals surface area contributed by atoms with Crippen LogP contribution in [0.15, 0.2) is 28.9 Å². The molecule has 0 radical (unpaired) electrons. The van der Waals surface area contributed by atoms with Crippen molar-refractivity contribution in [2.45, 2.75) is 13.1 Å². The topological polar surface area (TPSA) is 12.4 Å². The molecule has 0 aromatic heterocycles. The molecule has 0 N–H and O–H groups in total. The lowest BCUT2D eigenvalue weighted by Crippen LogP contribution is -2.10. The molecule has 0 bridgehead atoms. The van der Waals surface area contributed by atoms with Crippen molar-refractivity contribution in [1.29, 1.82) is 0 Å². The fraction of sp³-hybridized carbons (Fsp3) is 0.375. The molecule has 1 nitrogen and oxygen atoms in total. The van der Waals surface area contributed by atoms with Gasteiger partial charge in [0.25, 0.3) is 0 Å². The Morgan fingerprint density at radius 1 is 1.54 bits per heavy atom. The SMILES string of the molecule is C=C(C=N/C(=C\C)C(F)(F)F)CI. The number of alkyl halides is 4. The zero-order valence-corrected chi connectivity index (χ0v) is 9.19. The van der Waals surface area contributed by atoms with Crippen molar-refractivity contribution in [3.8, 4) is 0 Å². The summed E-state index contributed by atoms with van der Waals surface area (Å²) in [6, 6.07) is 0. The van der Waals surface area contributed by atoms with Crippen LogP contribution in [0.3, 0.4) is 0 Å². The highest BCUT2D eigenvalue weighted by molar-refractivity contribution is 14.1. The monoisotopic (exact) mass is 303 g/mol. The van der Waals surface area contributed by atoms with E-state index in [2.05, 4.69) is 11.6 Å². The third kappa shape index (κ3) is 5.07. The maximum absolute atomic E-state index is 12.1. The fourth-order valence-electron chi connectivity index (χ4n) is 0.507. The highest BCUT2D eigenvalue weighted by atomic mass is 127. The van der Waals surface area contributed by atoms with Gasteiger partial charge in [-0.1, -0.05) is 35.2 Å². The highest BCUT2D eigenvalue weighted by Gasteiger charge is 2.32. The summed E-state index contributed by atoms with van der Waals surface area (Å²) in [5.41, 5.74) is -0.331. The first-order valence-electron chi connectivity index (χ1n) is 3.43. The number of allylic oxidation sites excluding steroid dienone is 3. The number of hydrogen-bond donors (Lipinski definition) is 0. The summed E-state index contributed by atoms with van der Waals surface area (Å²) in [6.07, 6.45) is -2.32. The maximum Gasteiger partial charge on any atom is 0.433 e. The summed E-state index contributed by atoms with van der Waals surface area (Å²) < 4.78 is 36.7. The molecule has 0 atom stereocenters. The van der Waals surface area contributed by atoms with Crippen molar-refractivity contribution in [3.63, 3.8) is 0 Å². The number of nitrogens with zero attached hydrogens (tertiary/aromatic N) is 1. The van der Waals surface area contributed by atoms with Gasteiger partial charge in [-0.05, 0) is 12.5 Å². The molecule has 0 fully saturated rings. The van der Waals surface area contributed by atoms with Crippen molar-refractivity contribution in [1.82, 2.24) is 0 Å². The average molecular weight is 303 g/mol. The molecule has 0 aliphatic rings. The summed E-state index contributed by atoms with van der Waals surface area (Å²) in [6.45, 7) is 4.81. The molecule has 0 spiro atoms. The molecule has 0 aliphatic carbocycles. The van der Waals surface area contributed by atoms with Crippen LogP contribution < -0.4 is 0 Å². The zero-order valence-electron chi connectivity index (χ0n) is 7.03. The van der Waals surface area contributed by atoms with Crippen LogP contribution in [0.4, 0.5) is 13.2 Å². The predicted molar refractivity (Wildman–Crippen MR) is 56.3 cm³/mol. The van der Waals surface area contributed by atoms with Crippen LogP contribution in [-0.2, 0) is 0 Å². The van der Waals surface area contributed by atoms with Crippen LogP contribution in [0, 0.1) is 0 Å². The van der Waals surface area contributed by atoms with E-state index in [-0.39, 0.29) is 0 Å². The quantitative estimate of drug-likeness (QED) is 0.430. The molecule has 0 aromatic rings.